The third kappa shape index (κ3) is 16.8. The van der Waals surface area contributed by atoms with E-state index in [1.54, 1.807) is 11.3 Å². The van der Waals surface area contributed by atoms with Crippen molar-refractivity contribution in [3.63, 3.8) is 0 Å². The molecule has 1 amide bonds. The van der Waals surface area contributed by atoms with Crippen molar-refractivity contribution in [2.45, 2.75) is 37.7 Å². The Bertz CT molecular complexity index is 565. The number of aryl methyl sites for hydroxylation is 1. The lowest BCUT2D eigenvalue weighted by atomic mass is 10.1. The Balaban J connectivity index is 0. The molecule has 0 aliphatic rings. The highest BCUT2D eigenvalue weighted by molar-refractivity contribution is 7.09. The highest BCUT2D eigenvalue weighted by Crippen LogP contribution is 2.14. The Hall–Kier alpha value is -2.35. The van der Waals surface area contributed by atoms with E-state index >= 15 is 0 Å². The number of amides is 1. The summed E-state index contributed by atoms with van der Waals surface area (Å²) < 4.78 is 63.5. The van der Waals surface area contributed by atoms with E-state index in [2.05, 4.69) is 6.07 Å². The van der Waals surface area contributed by atoms with Crippen molar-refractivity contribution >= 4 is 29.2 Å². The minimum Gasteiger partial charge on any atom is -0.475 e. The average molecular weight is 426 g/mol. The number of aliphatic carboxylic acids is 2. The van der Waals surface area contributed by atoms with Crippen molar-refractivity contribution in [3.05, 3.63) is 22.4 Å². The molecule has 1 rings (SSSR count). The normalized spacial score (nSPS) is 12.0. The van der Waals surface area contributed by atoms with Gasteiger partial charge in [0.05, 0.1) is 0 Å². The van der Waals surface area contributed by atoms with Crippen LogP contribution in [0.5, 0.6) is 0 Å². The van der Waals surface area contributed by atoms with Crippen LogP contribution in [0.2, 0.25) is 0 Å². The van der Waals surface area contributed by atoms with Gasteiger partial charge >= 0.3 is 24.3 Å². The summed E-state index contributed by atoms with van der Waals surface area (Å²) in [7, 11) is 0. The topological polar surface area (TPSA) is 144 Å². The summed E-state index contributed by atoms with van der Waals surface area (Å²) in [5.74, 6) is -5.83. The predicted octanol–water partition coefficient (Wildman–Crippen LogP) is 2.15. The highest BCUT2D eigenvalue weighted by atomic mass is 32.1. The van der Waals surface area contributed by atoms with Gasteiger partial charge in [0.25, 0.3) is 0 Å². The van der Waals surface area contributed by atoms with Crippen LogP contribution in [0.3, 0.4) is 0 Å². The van der Waals surface area contributed by atoms with Crippen molar-refractivity contribution in [1.82, 2.24) is 0 Å². The summed E-state index contributed by atoms with van der Waals surface area (Å²) in [5.41, 5.74) is 10.7. The van der Waals surface area contributed by atoms with Gasteiger partial charge in [-0.1, -0.05) is 6.07 Å². The average Bonchev–Trinajstić information content (AvgIpc) is 2.97. The van der Waals surface area contributed by atoms with Gasteiger partial charge < -0.3 is 21.7 Å². The smallest absolute Gasteiger partial charge is 0.475 e. The van der Waals surface area contributed by atoms with E-state index in [0.29, 0.717) is 0 Å². The van der Waals surface area contributed by atoms with E-state index in [1.165, 1.54) is 4.88 Å². The maximum Gasteiger partial charge on any atom is 0.490 e. The van der Waals surface area contributed by atoms with Crippen LogP contribution < -0.4 is 11.5 Å². The van der Waals surface area contributed by atoms with Crippen molar-refractivity contribution < 1.29 is 50.9 Å². The first-order valence-corrected chi connectivity index (χ1v) is 7.61. The van der Waals surface area contributed by atoms with E-state index in [-0.39, 0.29) is 18.4 Å². The maximum atomic E-state index is 10.6. The van der Waals surface area contributed by atoms with Gasteiger partial charge in [0.2, 0.25) is 5.91 Å². The van der Waals surface area contributed by atoms with Gasteiger partial charge in [0.15, 0.2) is 0 Å². The number of carboxylic acids is 2. The molecular formula is C13H16F6N2O5S. The number of primary amides is 1. The number of carbonyl (C=O) groups is 3. The monoisotopic (exact) mass is 426 g/mol. The lowest BCUT2D eigenvalue weighted by Gasteiger charge is -2.07. The molecule has 27 heavy (non-hydrogen) atoms. The number of hydrogen-bond acceptors (Lipinski definition) is 5. The second-order valence-corrected chi connectivity index (χ2v) is 5.69. The summed E-state index contributed by atoms with van der Waals surface area (Å²) in [4.78, 5) is 29.6. The molecule has 6 N–H and O–H groups in total. The number of alkyl halides is 6. The fourth-order valence-electron chi connectivity index (χ4n) is 1.14. The summed E-state index contributed by atoms with van der Waals surface area (Å²) in [5, 5.41) is 16.3. The number of thiophene rings is 1. The molecule has 1 heterocycles. The molecule has 0 aliphatic carbocycles. The van der Waals surface area contributed by atoms with E-state index in [1.807, 2.05) is 11.4 Å². The molecule has 0 bridgehead atoms. The standard InChI is InChI=1S/C9H14N2OS.2C2HF3O2/c10-7(6-9(11)12)3-4-8-2-1-5-13-8;2*3-2(4,5)1(6)7/h1-2,5,7H,3-4,6,10H2,(H2,11,12);2*(H,6,7). The van der Waals surface area contributed by atoms with Gasteiger partial charge in [0.1, 0.15) is 0 Å². The van der Waals surface area contributed by atoms with Crippen molar-refractivity contribution in [2.75, 3.05) is 0 Å². The number of carboxylic acid groups (broad SMARTS) is 2. The number of hydrogen-bond donors (Lipinski definition) is 4. The highest BCUT2D eigenvalue weighted by Gasteiger charge is 2.38. The lowest BCUT2D eigenvalue weighted by Crippen LogP contribution is -2.27. The second kappa shape index (κ2) is 12.1. The summed E-state index contributed by atoms with van der Waals surface area (Å²) in [6.45, 7) is 0. The molecule has 7 nitrogen and oxygen atoms in total. The van der Waals surface area contributed by atoms with Crippen LogP contribution in [0.15, 0.2) is 17.5 Å². The quantitative estimate of drug-likeness (QED) is 0.531. The van der Waals surface area contributed by atoms with Crippen molar-refractivity contribution in [1.29, 1.82) is 0 Å². The van der Waals surface area contributed by atoms with Crippen molar-refractivity contribution in [3.8, 4) is 0 Å². The van der Waals surface area contributed by atoms with Gasteiger partial charge in [-0.2, -0.15) is 26.3 Å². The molecule has 1 aromatic heterocycles. The Morgan fingerprint density at radius 1 is 1.04 bits per heavy atom. The Labute approximate surface area is 152 Å². The number of halogens is 6. The first-order valence-electron chi connectivity index (χ1n) is 6.73. The first kappa shape index (κ1) is 26.9. The Morgan fingerprint density at radius 2 is 1.44 bits per heavy atom. The number of nitrogens with two attached hydrogens (primary N) is 2. The molecule has 156 valence electrons. The molecule has 14 heteroatoms. The molecular weight excluding hydrogens is 410 g/mol. The fraction of sp³-hybridized carbons (Fsp3) is 0.462. The molecule has 0 spiro atoms. The van der Waals surface area contributed by atoms with Crippen LogP contribution in [0.4, 0.5) is 26.3 Å². The molecule has 0 aliphatic heterocycles. The van der Waals surface area contributed by atoms with Crippen molar-refractivity contribution in [2.24, 2.45) is 11.5 Å². The second-order valence-electron chi connectivity index (χ2n) is 4.65. The number of carbonyl (C=O) groups excluding carboxylic acids is 1. The maximum absolute atomic E-state index is 10.6. The van der Waals surface area contributed by atoms with Crippen LogP contribution in [0.25, 0.3) is 0 Å². The first-order chi connectivity index (χ1) is 12.1. The third-order valence-electron chi connectivity index (χ3n) is 2.29. The molecule has 1 unspecified atom stereocenters. The van der Waals surface area contributed by atoms with Crippen LogP contribution in [0.1, 0.15) is 17.7 Å². The van der Waals surface area contributed by atoms with Gasteiger partial charge in [-0.15, -0.1) is 11.3 Å². The molecule has 0 aromatic carbocycles. The van der Waals surface area contributed by atoms with Gasteiger partial charge in [-0.3, -0.25) is 4.79 Å². The van der Waals surface area contributed by atoms with E-state index in [0.717, 1.165) is 12.8 Å². The minimum absolute atomic E-state index is 0.0976. The Kier molecular flexibility index (Phi) is 12.1. The summed E-state index contributed by atoms with van der Waals surface area (Å²) in [6, 6.07) is 3.99. The van der Waals surface area contributed by atoms with E-state index in [4.69, 9.17) is 31.3 Å². The van der Waals surface area contributed by atoms with Crippen LogP contribution in [-0.4, -0.2) is 46.5 Å². The molecule has 1 atom stereocenters. The third-order valence-corrected chi connectivity index (χ3v) is 3.23. The van der Waals surface area contributed by atoms with Gasteiger partial charge in [-0.25, -0.2) is 9.59 Å². The minimum atomic E-state index is -5.08. The van der Waals surface area contributed by atoms with Gasteiger partial charge in [-0.05, 0) is 24.3 Å². The lowest BCUT2D eigenvalue weighted by molar-refractivity contribution is -0.193. The van der Waals surface area contributed by atoms with E-state index < -0.39 is 24.3 Å². The van der Waals surface area contributed by atoms with E-state index in [9.17, 15) is 31.1 Å². The zero-order chi connectivity index (χ0) is 21.8. The van der Waals surface area contributed by atoms with Crippen LogP contribution >= 0.6 is 11.3 Å². The van der Waals surface area contributed by atoms with Crippen LogP contribution in [-0.2, 0) is 20.8 Å². The Morgan fingerprint density at radius 3 is 1.70 bits per heavy atom. The zero-order valence-corrected chi connectivity index (χ0v) is 14.2. The molecule has 0 saturated heterocycles. The SMILES string of the molecule is NC(=O)CC(N)CCc1cccs1.O=C(O)C(F)(F)F.O=C(O)C(F)(F)F. The predicted molar refractivity (Wildman–Crippen MR) is 81.8 cm³/mol. The zero-order valence-electron chi connectivity index (χ0n) is 13.4. The molecule has 1 aromatic rings. The van der Waals surface area contributed by atoms with Crippen LogP contribution in [0, 0.1) is 0 Å². The largest absolute Gasteiger partial charge is 0.490 e. The fourth-order valence-corrected chi connectivity index (χ4v) is 1.87. The summed E-state index contributed by atoms with van der Waals surface area (Å²) in [6.07, 6.45) is -8.12. The molecule has 0 radical (unpaired) electrons. The molecule has 0 saturated carbocycles. The van der Waals surface area contributed by atoms with Gasteiger partial charge in [0, 0.05) is 17.3 Å². The summed E-state index contributed by atoms with van der Waals surface area (Å²) >= 11 is 1.71. The number of rotatable bonds is 5. The molecule has 0 fully saturated rings.